The molecule has 0 aliphatic carbocycles. The van der Waals surface area contributed by atoms with Crippen LogP contribution in [-0.2, 0) is 6.61 Å². The molecule has 4 aromatic rings. The van der Waals surface area contributed by atoms with Crippen molar-refractivity contribution in [3.63, 3.8) is 0 Å². The molecule has 7 nitrogen and oxygen atoms in total. The van der Waals surface area contributed by atoms with E-state index in [2.05, 4.69) is 36.7 Å². The Morgan fingerprint density at radius 2 is 1.88 bits per heavy atom. The summed E-state index contributed by atoms with van der Waals surface area (Å²) in [6.07, 6.45) is 1.36. The smallest absolute Gasteiger partial charge is 0.289 e. The predicted molar refractivity (Wildman–Crippen MR) is 126 cm³/mol. The van der Waals surface area contributed by atoms with Crippen molar-refractivity contribution in [3.8, 4) is 22.8 Å². The van der Waals surface area contributed by atoms with Gasteiger partial charge in [0, 0.05) is 15.6 Å². The van der Waals surface area contributed by atoms with Crippen LogP contribution < -0.4 is 10.2 Å². The van der Waals surface area contributed by atoms with Gasteiger partial charge in [0.1, 0.15) is 23.8 Å². The lowest BCUT2D eigenvalue weighted by atomic mass is 10.1. The number of para-hydroxylation sites is 1. The third-order valence-electron chi connectivity index (χ3n) is 4.58. The first kappa shape index (κ1) is 21.3. The zero-order valence-electron chi connectivity index (χ0n) is 16.8. The lowest BCUT2D eigenvalue weighted by Crippen LogP contribution is -2.18. The Kier molecular flexibility index (Phi) is 6.62. The molecule has 1 amide bonds. The van der Waals surface area contributed by atoms with Crippen LogP contribution in [0.3, 0.4) is 0 Å². The molecule has 3 aromatic carbocycles. The number of hydrogen-bond acceptors (Lipinski definition) is 5. The van der Waals surface area contributed by atoms with Crippen molar-refractivity contribution in [2.24, 2.45) is 5.10 Å². The van der Waals surface area contributed by atoms with Crippen LogP contribution in [0.15, 0.2) is 88.4 Å². The van der Waals surface area contributed by atoms with Crippen molar-refractivity contribution in [3.05, 3.63) is 100 Å². The molecule has 0 unspecified atom stereocenters. The van der Waals surface area contributed by atoms with Gasteiger partial charge in [0.15, 0.2) is 0 Å². The van der Waals surface area contributed by atoms with Crippen LogP contribution in [-0.4, -0.2) is 27.4 Å². The Morgan fingerprint density at radius 1 is 1.09 bits per heavy atom. The van der Waals surface area contributed by atoms with E-state index < -0.39 is 5.91 Å². The van der Waals surface area contributed by atoms with E-state index in [0.29, 0.717) is 23.6 Å². The van der Waals surface area contributed by atoms with Gasteiger partial charge in [-0.25, -0.2) is 5.43 Å². The number of phenols is 1. The molecule has 1 aromatic heterocycles. The molecule has 0 atom stereocenters. The second-order valence-corrected chi connectivity index (χ2v) is 7.76. The Bertz CT molecular complexity index is 1260. The molecule has 0 spiro atoms. The van der Waals surface area contributed by atoms with Gasteiger partial charge in [-0.2, -0.15) is 10.2 Å². The average molecular weight is 491 g/mol. The lowest BCUT2D eigenvalue weighted by Gasteiger charge is -2.10. The van der Waals surface area contributed by atoms with Crippen molar-refractivity contribution < 1.29 is 14.6 Å². The standard InChI is InChI=1S/C24H19BrN4O3/c25-18-10-11-22(30)17(12-18)14-26-29-24(31)21-13-20(27-28-21)19-8-4-5-9-23(19)32-15-16-6-2-1-3-7-16/h1-14,30H,15H2,(H,27,28)(H,29,31). The van der Waals surface area contributed by atoms with Gasteiger partial charge in [0.2, 0.25) is 0 Å². The van der Waals surface area contributed by atoms with Gasteiger partial charge in [-0.15, -0.1) is 0 Å². The Morgan fingerprint density at radius 3 is 2.72 bits per heavy atom. The van der Waals surface area contributed by atoms with E-state index >= 15 is 0 Å². The monoisotopic (exact) mass is 490 g/mol. The molecule has 0 fully saturated rings. The van der Waals surface area contributed by atoms with Crippen molar-refractivity contribution in [1.29, 1.82) is 0 Å². The number of aromatic nitrogens is 2. The first-order valence-electron chi connectivity index (χ1n) is 9.73. The third-order valence-corrected chi connectivity index (χ3v) is 5.08. The fraction of sp³-hybridized carbons (Fsp3) is 0.0417. The second kappa shape index (κ2) is 9.93. The third kappa shape index (κ3) is 5.22. The number of nitrogens with one attached hydrogen (secondary N) is 2. The Balaban J connectivity index is 1.45. The summed E-state index contributed by atoms with van der Waals surface area (Å²) < 4.78 is 6.76. The maximum absolute atomic E-state index is 12.4. The SMILES string of the molecule is O=C(NN=Cc1cc(Br)ccc1O)c1cc(-c2ccccc2OCc2ccccc2)n[nH]1. The van der Waals surface area contributed by atoms with Gasteiger partial charge in [-0.05, 0) is 42.0 Å². The minimum absolute atomic E-state index is 0.0575. The minimum Gasteiger partial charge on any atom is -0.507 e. The molecule has 0 radical (unpaired) electrons. The van der Waals surface area contributed by atoms with E-state index in [1.807, 2.05) is 54.6 Å². The average Bonchev–Trinajstić information content (AvgIpc) is 3.31. The molecule has 3 N–H and O–H groups in total. The number of halogens is 1. The fourth-order valence-corrected chi connectivity index (χ4v) is 3.34. The molecular formula is C24H19BrN4O3. The van der Waals surface area contributed by atoms with Gasteiger partial charge < -0.3 is 9.84 Å². The molecule has 8 heteroatoms. The first-order valence-corrected chi connectivity index (χ1v) is 10.5. The number of aromatic amines is 1. The van der Waals surface area contributed by atoms with Gasteiger partial charge in [-0.3, -0.25) is 9.89 Å². The van der Waals surface area contributed by atoms with Gasteiger partial charge in [-0.1, -0.05) is 58.4 Å². The number of hydrazone groups is 1. The number of rotatable bonds is 7. The van der Waals surface area contributed by atoms with E-state index in [-0.39, 0.29) is 11.4 Å². The molecule has 4 rings (SSSR count). The zero-order valence-corrected chi connectivity index (χ0v) is 18.4. The molecule has 32 heavy (non-hydrogen) atoms. The van der Waals surface area contributed by atoms with Crippen LogP contribution in [0.2, 0.25) is 0 Å². The van der Waals surface area contributed by atoms with E-state index in [1.54, 1.807) is 18.2 Å². The Hall–Kier alpha value is -3.91. The number of aromatic hydroxyl groups is 1. The summed E-state index contributed by atoms with van der Waals surface area (Å²) in [5.74, 6) is 0.261. The molecule has 0 saturated carbocycles. The van der Waals surface area contributed by atoms with Gasteiger partial charge in [0.25, 0.3) is 5.91 Å². The molecule has 160 valence electrons. The maximum Gasteiger partial charge on any atom is 0.289 e. The topological polar surface area (TPSA) is 99.6 Å². The van der Waals surface area contributed by atoms with E-state index in [1.165, 1.54) is 12.3 Å². The van der Waals surface area contributed by atoms with Crippen molar-refractivity contribution >= 4 is 28.1 Å². The van der Waals surface area contributed by atoms with Crippen LogP contribution >= 0.6 is 15.9 Å². The maximum atomic E-state index is 12.4. The summed E-state index contributed by atoms with van der Waals surface area (Å²) in [6, 6.07) is 23.9. The van der Waals surface area contributed by atoms with Gasteiger partial charge >= 0.3 is 0 Å². The first-order chi connectivity index (χ1) is 15.6. The normalized spacial score (nSPS) is 10.9. The molecular weight excluding hydrogens is 472 g/mol. The largest absolute Gasteiger partial charge is 0.507 e. The van der Waals surface area contributed by atoms with Crippen molar-refractivity contribution in [1.82, 2.24) is 15.6 Å². The number of H-pyrrole nitrogens is 1. The molecule has 1 heterocycles. The number of phenolic OH excluding ortho intramolecular Hbond substituents is 1. The summed E-state index contributed by atoms with van der Waals surface area (Å²) >= 11 is 3.33. The molecule has 0 saturated heterocycles. The number of hydrogen-bond donors (Lipinski definition) is 3. The second-order valence-electron chi connectivity index (χ2n) is 6.84. The number of ether oxygens (including phenoxy) is 1. The zero-order chi connectivity index (χ0) is 22.3. The molecule has 0 bridgehead atoms. The highest BCUT2D eigenvalue weighted by atomic mass is 79.9. The highest BCUT2D eigenvalue weighted by Crippen LogP contribution is 2.29. The lowest BCUT2D eigenvalue weighted by molar-refractivity contribution is 0.0950. The molecule has 0 aliphatic heterocycles. The number of amides is 1. The van der Waals surface area contributed by atoms with Crippen LogP contribution in [0.5, 0.6) is 11.5 Å². The predicted octanol–water partition coefficient (Wildman–Crippen LogP) is 4.89. The number of benzene rings is 3. The summed E-state index contributed by atoms with van der Waals surface area (Å²) in [6.45, 7) is 0.423. The fourth-order valence-electron chi connectivity index (χ4n) is 2.96. The highest BCUT2D eigenvalue weighted by molar-refractivity contribution is 9.10. The number of carbonyl (C=O) groups is 1. The van der Waals surface area contributed by atoms with Crippen LogP contribution in [0.1, 0.15) is 21.6 Å². The summed E-state index contributed by atoms with van der Waals surface area (Å²) in [5.41, 5.74) is 5.53. The van der Waals surface area contributed by atoms with E-state index in [4.69, 9.17) is 4.74 Å². The quantitative estimate of drug-likeness (QED) is 0.253. The van der Waals surface area contributed by atoms with E-state index in [9.17, 15) is 9.90 Å². The van der Waals surface area contributed by atoms with Crippen molar-refractivity contribution in [2.45, 2.75) is 6.61 Å². The highest BCUT2D eigenvalue weighted by Gasteiger charge is 2.14. The summed E-state index contributed by atoms with van der Waals surface area (Å²) in [4.78, 5) is 12.4. The van der Waals surface area contributed by atoms with E-state index in [0.717, 1.165) is 15.6 Å². The van der Waals surface area contributed by atoms with Crippen LogP contribution in [0.25, 0.3) is 11.3 Å². The van der Waals surface area contributed by atoms with Crippen LogP contribution in [0.4, 0.5) is 0 Å². The minimum atomic E-state index is -0.461. The summed E-state index contributed by atoms with van der Waals surface area (Å²) in [5, 5.41) is 20.7. The number of nitrogens with zero attached hydrogens (tertiary/aromatic N) is 2. The van der Waals surface area contributed by atoms with Crippen molar-refractivity contribution in [2.75, 3.05) is 0 Å². The molecule has 0 aliphatic rings. The summed E-state index contributed by atoms with van der Waals surface area (Å²) in [7, 11) is 0. The Labute approximate surface area is 192 Å². The number of carbonyl (C=O) groups excluding carboxylic acids is 1. The van der Waals surface area contributed by atoms with Gasteiger partial charge in [0.05, 0.1) is 11.9 Å². The van der Waals surface area contributed by atoms with Crippen LogP contribution in [0, 0.1) is 0 Å².